The molecule has 0 amide bonds. The zero-order valence-electron chi connectivity index (χ0n) is 18.7. The Hall–Kier alpha value is -3.29. The Bertz CT molecular complexity index is 1110. The van der Waals surface area contributed by atoms with Crippen molar-refractivity contribution in [1.82, 2.24) is 19.7 Å². The number of hydrogen-bond acceptors (Lipinski definition) is 7. The lowest BCUT2D eigenvalue weighted by Gasteiger charge is -2.23. The molecular weight excluding hydrogens is 406 g/mol. The van der Waals surface area contributed by atoms with Gasteiger partial charge in [-0.25, -0.2) is 9.97 Å². The number of esters is 1. The first kappa shape index (κ1) is 21.9. The summed E-state index contributed by atoms with van der Waals surface area (Å²) in [4.78, 5) is 35.6. The van der Waals surface area contributed by atoms with Gasteiger partial charge in [0.1, 0.15) is 24.4 Å². The highest BCUT2D eigenvalue weighted by Crippen LogP contribution is 2.31. The van der Waals surface area contributed by atoms with Crippen LogP contribution >= 0.6 is 0 Å². The van der Waals surface area contributed by atoms with Gasteiger partial charge in [0.15, 0.2) is 5.78 Å². The Morgan fingerprint density at radius 3 is 2.78 bits per heavy atom. The zero-order chi connectivity index (χ0) is 22.5. The molecule has 32 heavy (non-hydrogen) atoms. The van der Waals surface area contributed by atoms with Gasteiger partial charge in [0.25, 0.3) is 0 Å². The van der Waals surface area contributed by atoms with Crippen molar-refractivity contribution in [2.45, 2.75) is 46.1 Å². The van der Waals surface area contributed by atoms with Gasteiger partial charge in [-0.1, -0.05) is 13.0 Å². The number of benzene rings is 1. The molecule has 2 heterocycles. The average molecular weight is 436 g/mol. The first-order chi connectivity index (χ1) is 15.6. The maximum absolute atomic E-state index is 12.9. The number of ether oxygens (including phenoxy) is 1. The SMILES string of the molecule is CCCN(CC1CC1)c1cc(C(=O)Cc2ccc3nn(CC(=O)OCC)cc3c2)ncn1. The monoisotopic (exact) mass is 435 g/mol. The highest BCUT2D eigenvalue weighted by Gasteiger charge is 2.25. The van der Waals surface area contributed by atoms with Crippen LogP contribution in [0.2, 0.25) is 0 Å². The smallest absolute Gasteiger partial charge is 0.327 e. The van der Waals surface area contributed by atoms with Crippen molar-refractivity contribution < 1.29 is 14.3 Å². The maximum Gasteiger partial charge on any atom is 0.327 e. The number of fused-ring (bicyclic) bond motifs is 1. The van der Waals surface area contributed by atoms with Gasteiger partial charge in [-0.3, -0.25) is 14.3 Å². The molecule has 8 heteroatoms. The van der Waals surface area contributed by atoms with Gasteiger partial charge in [0.2, 0.25) is 0 Å². The van der Waals surface area contributed by atoms with Crippen molar-refractivity contribution in [3.8, 4) is 0 Å². The Kier molecular flexibility index (Phi) is 6.78. The van der Waals surface area contributed by atoms with E-state index in [1.807, 2.05) is 24.3 Å². The second kappa shape index (κ2) is 9.89. The van der Waals surface area contributed by atoms with Crippen LogP contribution in [0.15, 0.2) is 36.8 Å². The molecule has 3 aromatic rings. The molecule has 1 fully saturated rings. The minimum Gasteiger partial charge on any atom is -0.465 e. The van der Waals surface area contributed by atoms with E-state index in [0.29, 0.717) is 12.3 Å². The summed E-state index contributed by atoms with van der Waals surface area (Å²) in [5.41, 5.74) is 2.08. The Morgan fingerprint density at radius 2 is 2.03 bits per heavy atom. The van der Waals surface area contributed by atoms with Crippen molar-refractivity contribution in [1.29, 1.82) is 0 Å². The predicted octanol–water partition coefficient (Wildman–Crippen LogP) is 3.44. The van der Waals surface area contributed by atoms with Crippen LogP contribution in [0.25, 0.3) is 10.9 Å². The first-order valence-corrected chi connectivity index (χ1v) is 11.3. The van der Waals surface area contributed by atoms with Crippen LogP contribution in [-0.4, -0.2) is 51.2 Å². The van der Waals surface area contributed by atoms with E-state index in [-0.39, 0.29) is 24.7 Å². The fraction of sp³-hybridized carbons (Fsp3) is 0.458. The van der Waals surface area contributed by atoms with E-state index in [2.05, 4.69) is 26.9 Å². The number of carbonyl (C=O) groups is 2. The molecule has 4 rings (SSSR count). The molecule has 0 aliphatic heterocycles. The lowest BCUT2D eigenvalue weighted by Crippen LogP contribution is -2.27. The average Bonchev–Trinajstić information content (AvgIpc) is 3.51. The number of Topliss-reactive ketones (excluding diaryl/α,β-unsaturated/α-hetero) is 1. The molecule has 0 radical (unpaired) electrons. The lowest BCUT2D eigenvalue weighted by molar-refractivity contribution is -0.144. The number of hydrogen-bond donors (Lipinski definition) is 0. The third-order valence-corrected chi connectivity index (χ3v) is 5.51. The summed E-state index contributed by atoms with van der Waals surface area (Å²) in [6, 6.07) is 7.50. The summed E-state index contributed by atoms with van der Waals surface area (Å²) in [7, 11) is 0. The standard InChI is InChI=1S/C24H29N5O3/c1-3-9-28(13-17-5-6-17)23-12-21(25-16-26-23)22(30)11-18-7-8-20-19(10-18)14-29(27-20)15-24(31)32-4-2/h7-8,10,12,14,16-17H,3-6,9,11,13,15H2,1-2H3. The first-order valence-electron chi connectivity index (χ1n) is 11.3. The summed E-state index contributed by atoms with van der Waals surface area (Å²) in [6.07, 6.45) is 7.10. The molecule has 0 spiro atoms. The van der Waals surface area contributed by atoms with Crippen molar-refractivity contribution in [2.75, 3.05) is 24.6 Å². The van der Waals surface area contributed by atoms with E-state index >= 15 is 0 Å². The van der Waals surface area contributed by atoms with Crippen molar-refractivity contribution in [3.63, 3.8) is 0 Å². The fourth-order valence-electron chi connectivity index (χ4n) is 3.79. The molecule has 2 aromatic heterocycles. The van der Waals surface area contributed by atoms with Gasteiger partial charge in [-0.15, -0.1) is 0 Å². The van der Waals surface area contributed by atoms with Crippen molar-refractivity contribution in [2.24, 2.45) is 5.92 Å². The molecule has 1 aromatic carbocycles. The summed E-state index contributed by atoms with van der Waals surface area (Å²) in [6.45, 7) is 6.25. The molecule has 0 saturated heterocycles. The zero-order valence-corrected chi connectivity index (χ0v) is 18.7. The van der Waals surface area contributed by atoms with Crippen LogP contribution in [-0.2, 0) is 22.5 Å². The minimum absolute atomic E-state index is 0.0465. The van der Waals surface area contributed by atoms with E-state index < -0.39 is 0 Å². The molecule has 1 saturated carbocycles. The third-order valence-electron chi connectivity index (χ3n) is 5.51. The molecule has 168 valence electrons. The van der Waals surface area contributed by atoms with E-state index in [1.54, 1.807) is 17.8 Å². The van der Waals surface area contributed by atoms with Gasteiger partial charge in [-0.05, 0) is 49.8 Å². The maximum atomic E-state index is 12.9. The van der Waals surface area contributed by atoms with E-state index in [4.69, 9.17) is 4.74 Å². The van der Waals surface area contributed by atoms with E-state index in [0.717, 1.165) is 47.7 Å². The van der Waals surface area contributed by atoms with Crippen LogP contribution in [0.4, 0.5) is 5.82 Å². The summed E-state index contributed by atoms with van der Waals surface area (Å²) in [5, 5.41) is 5.27. The molecule has 1 aliphatic rings. The summed E-state index contributed by atoms with van der Waals surface area (Å²) < 4.78 is 6.54. The van der Waals surface area contributed by atoms with Gasteiger partial charge < -0.3 is 9.64 Å². The predicted molar refractivity (Wildman–Crippen MR) is 122 cm³/mol. The number of rotatable bonds is 11. The van der Waals surface area contributed by atoms with Crippen LogP contribution in [0.1, 0.15) is 49.2 Å². The lowest BCUT2D eigenvalue weighted by atomic mass is 10.1. The van der Waals surface area contributed by atoms with Crippen LogP contribution < -0.4 is 4.90 Å². The van der Waals surface area contributed by atoms with Gasteiger partial charge in [-0.2, -0.15) is 5.10 Å². The van der Waals surface area contributed by atoms with E-state index in [1.165, 1.54) is 19.2 Å². The second-order valence-electron chi connectivity index (χ2n) is 8.28. The highest BCUT2D eigenvalue weighted by atomic mass is 16.5. The van der Waals surface area contributed by atoms with Gasteiger partial charge in [0.05, 0.1) is 12.1 Å². The molecular formula is C24H29N5O3. The summed E-state index contributed by atoms with van der Waals surface area (Å²) >= 11 is 0. The number of anilines is 1. The molecule has 0 atom stereocenters. The van der Waals surface area contributed by atoms with Gasteiger partial charge >= 0.3 is 5.97 Å². The highest BCUT2D eigenvalue weighted by molar-refractivity contribution is 5.96. The molecule has 0 unspecified atom stereocenters. The second-order valence-corrected chi connectivity index (χ2v) is 8.28. The van der Waals surface area contributed by atoms with Crippen molar-refractivity contribution >= 4 is 28.5 Å². The number of aromatic nitrogens is 4. The topological polar surface area (TPSA) is 90.2 Å². The number of carbonyl (C=O) groups excluding carboxylic acids is 2. The van der Waals surface area contributed by atoms with Crippen molar-refractivity contribution in [3.05, 3.63) is 48.0 Å². The quantitative estimate of drug-likeness (QED) is 0.337. The number of ketones is 1. The van der Waals surface area contributed by atoms with Crippen LogP contribution in [0, 0.1) is 5.92 Å². The van der Waals surface area contributed by atoms with Crippen LogP contribution in [0.3, 0.4) is 0 Å². The third kappa shape index (κ3) is 5.49. The molecule has 8 nitrogen and oxygen atoms in total. The van der Waals surface area contributed by atoms with E-state index in [9.17, 15) is 9.59 Å². The normalized spacial score (nSPS) is 13.3. The minimum atomic E-state index is -0.325. The number of nitrogens with zero attached hydrogens (tertiary/aromatic N) is 5. The van der Waals surface area contributed by atoms with Gasteiger partial charge in [0, 0.05) is 37.2 Å². The Labute approximate surface area is 187 Å². The fourth-order valence-corrected chi connectivity index (χ4v) is 3.79. The molecule has 0 N–H and O–H groups in total. The Morgan fingerprint density at radius 1 is 1.19 bits per heavy atom. The molecule has 1 aliphatic carbocycles. The molecule has 0 bridgehead atoms. The summed E-state index contributed by atoms with van der Waals surface area (Å²) in [5.74, 6) is 1.20. The Balaban J connectivity index is 1.46. The van der Waals surface area contributed by atoms with Crippen LogP contribution in [0.5, 0.6) is 0 Å². The largest absolute Gasteiger partial charge is 0.465 e.